The lowest BCUT2D eigenvalue weighted by atomic mass is 10.1. The van der Waals surface area contributed by atoms with E-state index < -0.39 is 21.5 Å². The molecular formula is C14H18N2O4S. The van der Waals surface area contributed by atoms with Gasteiger partial charge in [-0.2, -0.15) is 5.26 Å². The van der Waals surface area contributed by atoms with E-state index in [2.05, 4.69) is 0 Å². The van der Waals surface area contributed by atoms with Gasteiger partial charge in [0.2, 0.25) is 5.91 Å². The molecular weight excluding hydrogens is 292 g/mol. The number of nitriles is 1. The van der Waals surface area contributed by atoms with E-state index in [0.29, 0.717) is 11.1 Å². The Morgan fingerprint density at radius 3 is 2.67 bits per heavy atom. The van der Waals surface area contributed by atoms with E-state index in [9.17, 15) is 13.2 Å². The summed E-state index contributed by atoms with van der Waals surface area (Å²) < 4.78 is 24.0. The molecule has 1 aromatic rings. The van der Waals surface area contributed by atoms with Gasteiger partial charge >= 0.3 is 0 Å². The summed E-state index contributed by atoms with van der Waals surface area (Å²) in [4.78, 5) is 13.0. The minimum absolute atomic E-state index is 0.163. The molecule has 0 saturated heterocycles. The second kappa shape index (κ2) is 7.76. The van der Waals surface area contributed by atoms with Gasteiger partial charge in [0.1, 0.15) is 5.75 Å². The Hall–Kier alpha value is -1.91. The van der Waals surface area contributed by atoms with Crippen LogP contribution in [0.3, 0.4) is 0 Å². The normalized spacial score (nSPS) is 10.9. The topological polar surface area (TPSA) is 98.5 Å². The number of sulfone groups is 1. The number of hydrogen-bond acceptors (Lipinski definition) is 5. The van der Waals surface area contributed by atoms with Crippen molar-refractivity contribution in [1.29, 1.82) is 5.26 Å². The van der Waals surface area contributed by atoms with Gasteiger partial charge in [0.05, 0.1) is 24.8 Å². The van der Waals surface area contributed by atoms with Crippen molar-refractivity contribution in [3.05, 3.63) is 35.4 Å². The first-order valence-corrected chi connectivity index (χ1v) is 8.20. The third-order valence-electron chi connectivity index (χ3n) is 2.89. The first-order valence-electron chi connectivity index (χ1n) is 6.38. The Labute approximate surface area is 124 Å². The summed E-state index contributed by atoms with van der Waals surface area (Å²) in [5.41, 5.74) is 1.16. The van der Waals surface area contributed by atoms with Crippen molar-refractivity contribution in [2.45, 2.75) is 18.8 Å². The number of aliphatic hydroxyl groups excluding tert-OH is 1. The first-order chi connectivity index (χ1) is 9.88. The predicted octanol–water partition coefficient (Wildman–Crippen LogP) is 0.466. The molecule has 0 aromatic heterocycles. The van der Waals surface area contributed by atoms with E-state index in [-0.39, 0.29) is 25.3 Å². The molecule has 1 rings (SSSR count). The van der Waals surface area contributed by atoms with E-state index in [1.807, 2.05) is 6.07 Å². The minimum atomic E-state index is -3.58. The maximum Gasteiger partial charge on any atom is 0.237 e. The summed E-state index contributed by atoms with van der Waals surface area (Å²) in [5, 5.41) is 17.5. The zero-order valence-corrected chi connectivity index (χ0v) is 12.6. The third kappa shape index (κ3) is 5.94. The van der Waals surface area contributed by atoms with Crippen LogP contribution in [0.25, 0.3) is 0 Å². The molecule has 0 aliphatic carbocycles. The molecule has 1 N–H and O–H groups in total. The Kier molecular flexibility index (Phi) is 6.34. The van der Waals surface area contributed by atoms with Crippen LogP contribution < -0.4 is 0 Å². The first kappa shape index (κ1) is 17.1. The Morgan fingerprint density at radius 2 is 2.05 bits per heavy atom. The van der Waals surface area contributed by atoms with E-state index >= 15 is 0 Å². The van der Waals surface area contributed by atoms with Gasteiger partial charge in [-0.25, -0.2) is 8.42 Å². The van der Waals surface area contributed by atoms with Crippen LogP contribution in [0.5, 0.6) is 0 Å². The lowest BCUT2D eigenvalue weighted by Crippen LogP contribution is -2.33. The highest BCUT2D eigenvalue weighted by atomic mass is 32.2. The zero-order valence-electron chi connectivity index (χ0n) is 11.8. The van der Waals surface area contributed by atoms with Gasteiger partial charge in [-0.1, -0.05) is 24.3 Å². The van der Waals surface area contributed by atoms with Crippen LogP contribution in [0.2, 0.25) is 0 Å². The van der Waals surface area contributed by atoms with Gasteiger partial charge < -0.3 is 10.0 Å². The van der Waals surface area contributed by atoms with Crippen LogP contribution in [0.1, 0.15) is 17.5 Å². The van der Waals surface area contributed by atoms with E-state index in [4.69, 9.17) is 10.4 Å². The lowest BCUT2D eigenvalue weighted by molar-refractivity contribution is -0.127. The van der Waals surface area contributed by atoms with E-state index in [0.717, 1.165) is 0 Å². The predicted molar refractivity (Wildman–Crippen MR) is 77.7 cm³/mol. The number of carbonyl (C=O) groups excluding carboxylic acids is 1. The average Bonchev–Trinajstić information content (AvgIpc) is 2.43. The van der Waals surface area contributed by atoms with Crippen molar-refractivity contribution in [3.63, 3.8) is 0 Å². The van der Waals surface area contributed by atoms with E-state index in [1.165, 1.54) is 11.9 Å². The Bertz CT molecular complexity index is 635. The number of hydrogen-bond donors (Lipinski definition) is 1. The third-order valence-corrected chi connectivity index (χ3v) is 4.35. The molecule has 7 heteroatoms. The highest BCUT2D eigenvalue weighted by Crippen LogP contribution is 2.10. The molecule has 114 valence electrons. The molecule has 1 amide bonds. The quantitative estimate of drug-likeness (QED) is 0.789. The standard InChI is InChI=1S/C14H18N2O4S/c1-16(7-3-6-15)14(18)11-21(19,20)10-13-5-2-4-12(8-13)9-17/h2,4-5,8,17H,3,7,9-11H2,1H3. The van der Waals surface area contributed by atoms with Crippen molar-refractivity contribution >= 4 is 15.7 Å². The van der Waals surface area contributed by atoms with Crippen LogP contribution in [-0.2, 0) is 27.0 Å². The summed E-state index contributed by atoms with van der Waals surface area (Å²) in [7, 11) is -2.11. The van der Waals surface area contributed by atoms with Crippen molar-refractivity contribution < 1.29 is 18.3 Å². The Morgan fingerprint density at radius 1 is 1.38 bits per heavy atom. The molecule has 0 unspecified atom stereocenters. The molecule has 6 nitrogen and oxygen atoms in total. The van der Waals surface area contributed by atoms with Gasteiger partial charge in [0.15, 0.2) is 9.84 Å². The number of benzene rings is 1. The number of amides is 1. The summed E-state index contributed by atoms with van der Waals surface area (Å²) in [6, 6.07) is 8.50. The van der Waals surface area contributed by atoms with Crippen LogP contribution in [0.4, 0.5) is 0 Å². The zero-order chi connectivity index (χ0) is 15.9. The van der Waals surface area contributed by atoms with Crippen LogP contribution in [0, 0.1) is 11.3 Å². The molecule has 0 heterocycles. The monoisotopic (exact) mass is 310 g/mol. The number of aliphatic hydroxyl groups is 1. The van der Waals surface area contributed by atoms with Crippen LogP contribution in [-0.4, -0.2) is 43.7 Å². The minimum Gasteiger partial charge on any atom is -0.392 e. The van der Waals surface area contributed by atoms with Gasteiger partial charge in [-0.05, 0) is 11.1 Å². The van der Waals surface area contributed by atoms with Crippen molar-refractivity contribution in [2.24, 2.45) is 0 Å². The number of rotatable bonds is 7. The maximum atomic E-state index is 12.0. The fourth-order valence-corrected chi connectivity index (χ4v) is 3.15. The molecule has 0 aliphatic heterocycles. The molecule has 0 saturated carbocycles. The van der Waals surface area contributed by atoms with E-state index in [1.54, 1.807) is 24.3 Å². The van der Waals surface area contributed by atoms with Crippen molar-refractivity contribution in [1.82, 2.24) is 4.90 Å². The van der Waals surface area contributed by atoms with Gasteiger partial charge in [-0.3, -0.25) is 4.79 Å². The fraction of sp³-hybridized carbons (Fsp3) is 0.429. The molecule has 0 radical (unpaired) electrons. The summed E-state index contributed by atoms with van der Waals surface area (Å²) in [5.74, 6) is -1.36. The Balaban J connectivity index is 2.69. The SMILES string of the molecule is CN(CCC#N)C(=O)CS(=O)(=O)Cc1cccc(CO)c1. The highest BCUT2D eigenvalue weighted by Gasteiger charge is 2.20. The fourth-order valence-electron chi connectivity index (χ4n) is 1.76. The summed E-state index contributed by atoms with van der Waals surface area (Å²) >= 11 is 0. The molecule has 1 aromatic carbocycles. The van der Waals surface area contributed by atoms with Crippen molar-refractivity contribution in [3.8, 4) is 6.07 Å². The second-order valence-electron chi connectivity index (χ2n) is 4.73. The second-order valence-corrected chi connectivity index (χ2v) is 6.80. The lowest BCUT2D eigenvalue weighted by Gasteiger charge is -2.15. The molecule has 0 fully saturated rings. The average molecular weight is 310 g/mol. The maximum absolute atomic E-state index is 12.0. The molecule has 21 heavy (non-hydrogen) atoms. The number of carbonyl (C=O) groups is 1. The highest BCUT2D eigenvalue weighted by molar-refractivity contribution is 7.91. The smallest absolute Gasteiger partial charge is 0.237 e. The van der Waals surface area contributed by atoms with Gasteiger partial charge in [-0.15, -0.1) is 0 Å². The van der Waals surface area contributed by atoms with Crippen LogP contribution >= 0.6 is 0 Å². The summed E-state index contributed by atoms with van der Waals surface area (Å²) in [6.45, 7) is 0.0502. The van der Waals surface area contributed by atoms with Crippen LogP contribution in [0.15, 0.2) is 24.3 Å². The molecule has 0 bridgehead atoms. The van der Waals surface area contributed by atoms with Gasteiger partial charge in [0.25, 0.3) is 0 Å². The van der Waals surface area contributed by atoms with Gasteiger partial charge in [0, 0.05) is 13.6 Å². The molecule has 0 spiro atoms. The summed E-state index contributed by atoms with van der Waals surface area (Å²) in [6.07, 6.45) is 0.167. The van der Waals surface area contributed by atoms with Crippen molar-refractivity contribution in [2.75, 3.05) is 19.3 Å². The molecule has 0 atom stereocenters. The molecule has 0 aliphatic rings. The number of nitrogens with zero attached hydrogens (tertiary/aromatic N) is 2. The largest absolute Gasteiger partial charge is 0.392 e.